The van der Waals surface area contributed by atoms with Crippen molar-refractivity contribution in [3.05, 3.63) is 33.8 Å². The van der Waals surface area contributed by atoms with E-state index in [-0.39, 0.29) is 5.41 Å². The molecule has 0 heterocycles. The molecule has 1 aromatic carbocycles. The van der Waals surface area contributed by atoms with E-state index < -0.39 is 0 Å². The lowest BCUT2D eigenvalue weighted by molar-refractivity contribution is -0.112. The van der Waals surface area contributed by atoms with Crippen LogP contribution in [-0.2, 0) is 16.6 Å². The molecule has 0 amide bonds. The van der Waals surface area contributed by atoms with Gasteiger partial charge in [-0.05, 0) is 37.0 Å². The van der Waals surface area contributed by atoms with Gasteiger partial charge in [0.2, 0.25) is 0 Å². The first-order chi connectivity index (χ1) is 6.17. The van der Waals surface area contributed by atoms with Gasteiger partial charge in [-0.25, -0.2) is 0 Å². The lowest BCUT2D eigenvalue weighted by Gasteiger charge is -2.16. The summed E-state index contributed by atoms with van der Waals surface area (Å²) in [5.74, 6) is 0. The van der Waals surface area contributed by atoms with Crippen LogP contribution in [0.5, 0.6) is 0 Å². The standard InChI is InChI=1S/C11H11BrO/c1-11(7-13)6-5-8-9(11)3-2-4-10(8)12/h2-4,7H,5-6H2,1H3/t11-/m0/s1. The van der Waals surface area contributed by atoms with Crippen LogP contribution >= 0.6 is 15.9 Å². The number of halogens is 1. The highest BCUT2D eigenvalue weighted by Gasteiger charge is 2.34. The van der Waals surface area contributed by atoms with Crippen molar-refractivity contribution >= 4 is 22.2 Å². The third kappa shape index (κ3) is 1.24. The Morgan fingerprint density at radius 3 is 3.00 bits per heavy atom. The van der Waals surface area contributed by atoms with Crippen molar-refractivity contribution in [2.24, 2.45) is 0 Å². The molecule has 0 saturated heterocycles. The second-order valence-electron chi connectivity index (χ2n) is 3.80. The Hall–Kier alpha value is -0.630. The second kappa shape index (κ2) is 2.95. The van der Waals surface area contributed by atoms with E-state index in [9.17, 15) is 4.79 Å². The van der Waals surface area contributed by atoms with E-state index in [1.807, 2.05) is 19.1 Å². The highest BCUT2D eigenvalue weighted by molar-refractivity contribution is 9.10. The highest BCUT2D eigenvalue weighted by Crippen LogP contribution is 2.40. The fourth-order valence-corrected chi connectivity index (χ4v) is 2.55. The molecule has 0 bridgehead atoms. The van der Waals surface area contributed by atoms with E-state index in [0.29, 0.717) is 0 Å². The molecule has 1 aliphatic carbocycles. The van der Waals surface area contributed by atoms with Gasteiger partial charge in [-0.2, -0.15) is 0 Å². The molecule has 0 aliphatic heterocycles. The number of rotatable bonds is 1. The van der Waals surface area contributed by atoms with E-state index in [1.165, 1.54) is 11.1 Å². The molecule has 1 atom stereocenters. The van der Waals surface area contributed by atoms with E-state index in [0.717, 1.165) is 23.6 Å². The first-order valence-electron chi connectivity index (χ1n) is 4.41. The fourth-order valence-electron chi connectivity index (χ4n) is 1.99. The van der Waals surface area contributed by atoms with E-state index in [2.05, 4.69) is 22.0 Å². The van der Waals surface area contributed by atoms with Crippen molar-refractivity contribution in [2.75, 3.05) is 0 Å². The van der Waals surface area contributed by atoms with E-state index in [4.69, 9.17) is 0 Å². The van der Waals surface area contributed by atoms with Gasteiger partial charge in [0.15, 0.2) is 0 Å². The Bertz CT molecular complexity index is 359. The molecule has 0 saturated carbocycles. The van der Waals surface area contributed by atoms with Crippen molar-refractivity contribution in [3.63, 3.8) is 0 Å². The van der Waals surface area contributed by atoms with Crippen molar-refractivity contribution in [3.8, 4) is 0 Å². The van der Waals surface area contributed by atoms with Gasteiger partial charge in [-0.3, -0.25) is 0 Å². The van der Waals surface area contributed by atoms with Gasteiger partial charge in [0, 0.05) is 9.89 Å². The molecule has 0 N–H and O–H groups in total. The smallest absolute Gasteiger partial charge is 0.130 e. The summed E-state index contributed by atoms with van der Waals surface area (Å²) in [4.78, 5) is 11.0. The lowest BCUT2D eigenvalue weighted by atomic mass is 9.86. The van der Waals surface area contributed by atoms with Crippen LogP contribution in [0.25, 0.3) is 0 Å². The third-order valence-corrected chi connectivity index (χ3v) is 3.63. The van der Waals surface area contributed by atoms with Gasteiger partial charge < -0.3 is 4.79 Å². The number of carbonyl (C=O) groups is 1. The van der Waals surface area contributed by atoms with Gasteiger partial charge in [-0.15, -0.1) is 0 Å². The number of benzene rings is 1. The molecular weight excluding hydrogens is 228 g/mol. The molecule has 1 aromatic rings. The number of fused-ring (bicyclic) bond motifs is 1. The number of carbonyl (C=O) groups excluding carboxylic acids is 1. The molecule has 0 fully saturated rings. The van der Waals surface area contributed by atoms with Crippen molar-refractivity contribution < 1.29 is 4.79 Å². The summed E-state index contributed by atoms with van der Waals surface area (Å²) >= 11 is 3.51. The normalized spacial score (nSPS) is 25.7. The SMILES string of the molecule is C[C@@]1(C=O)CCc2c(Br)cccc21. The molecule has 0 radical (unpaired) electrons. The van der Waals surface area contributed by atoms with E-state index >= 15 is 0 Å². The summed E-state index contributed by atoms with van der Waals surface area (Å²) in [6, 6.07) is 6.09. The molecule has 0 spiro atoms. The van der Waals surface area contributed by atoms with Crippen molar-refractivity contribution in [2.45, 2.75) is 25.2 Å². The average molecular weight is 239 g/mol. The van der Waals surface area contributed by atoms with Crippen LogP contribution in [0, 0.1) is 0 Å². The van der Waals surface area contributed by atoms with Crippen molar-refractivity contribution in [1.29, 1.82) is 0 Å². The van der Waals surface area contributed by atoms with Gasteiger partial charge in [0.1, 0.15) is 6.29 Å². The number of hydrogen-bond donors (Lipinski definition) is 0. The first-order valence-corrected chi connectivity index (χ1v) is 5.21. The maximum Gasteiger partial charge on any atom is 0.130 e. The predicted octanol–water partition coefficient (Wildman–Crippen LogP) is 2.85. The summed E-state index contributed by atoms with van der Waals surface area (Å²) in [7, 11) is 0. The fraction of sp³-hybridized carbons (Fsp3) is 0.364. The van der Waals surface area contributed by atoms with Crippen molar-refractivity contribution in [1.82, 2.24) is 0 Å². The highest BCUT2D eigenvalue weighted by atomic mass is 79.9. The second-order valence-corrected chi connectivity index (χ2v) is 4.66. The Kier molecular flexibility index (Phi) is 2.03. The Morgan fingerprint density at radius 1 is 1.54 bits per heavy atom. The molecule has 1 nitrogen and oxygen atoms in total. The monoisotopic (exact) mass is 238 g/mol. The zero-order chi connectivity index (χ0) is 9.47. The van der Waals surface area contributed by atoms with Gasteiger partial charge in [-0.1, -0.05) is 28.1 Å². The Morgan fingerprint density at radius 2 is 2.31 bits per heavy atom. The summed E-state index contributed by atoms with van der Waals surface area (Å²) < 4.78 is 1.13. The van der Waals surface area contributed by atoms with Crippen LogP contribution in [0.1, 0.15) is 24.5 Å². The van der Waals surface area contributed by atoms with Crippen LogP contribution < -0.4 is 0 Å². The average Bonchev–Trinajstić information content (AvgIpc) is 2.47. The van der Waals surface area contributed by atoms with Crippen LogP contribution in [-0.4, -0.2) is 6.29 Å². The molecule has 0 unspecified atom stereocenters. The summed E-state index contributed by atoms with van der Waals surface area (Å²) in [6.45, 7) is 2.01. The zero-order valence-corrected chi connectivity index (χ0v) is 9.10. The van der Waals surface area contributed by atoms with Crippen LogP contribution in [0.4, 0.5) is 0 Å². The summed E-state index contributed by atoms with van der Waals surface area (Å²) in [6.07, 6.45) is 3.02. The number of hydrogen-bond acceptors (Lipinski definition) is 1. The molecule has 1 aliphatic rings. The molecule has 68 valence electrons. The maximum absolute atomic E-state index is 11.0. The molecule has 2 rings (SSSR count). The minimum atomic E-state index is -0.251. The summed E-state index contributed by atoms with van der Waals surface area (Å²) in [5, 5.41) is 0. The zero-order valence-electron chi connectivity index (χ0n) is 7.51. The third-order valence-electron chi connectivity index (χ3n) is 2.89. The molecule has 2 heteroatoms. The minimum Gasteiger partial charge on any atom is -0.302 e. The predicted molar refractivity (Wildman–Crippen MR) is 55.9 cm³/mol. The molecule has 0 aromatic heterocycles. The topological polar surface area (TPSA) is 17.1 Å². The largest absolute Gasteiger partial charge is 0.302 e. The Balaban J connectivity index is 2.61. The van der Waals surface area contributed by atoms with Gasteiger partial charge >= 0.3 is 0 Å². The van der Waals surface area contributed by atoms with Crippen LogP contribution in [0.15, 0.2) is 22.7 Å². The summed E-state index contributed by atoms with van der Waals surface area (Å²) in [5.41, 5.74) is 2.24. The maximum atomic E-state index is 11.0. The molecule has 13 heavy (non-hydrogen) atoms. The van der Waals surface area contributed by atoms with E-state index in [1.54, 1.807) is 0 Å². The molecular formula is C11H11BrO. The minimum absolute atomic E-state index is 0.251. The lowest BCUT2D eigenvalue weighted by Crippen LogP contribution is -2.19. The van der Waals surface area contributed by atoms with Crippen LogP contribution in [0.3, 0.4) is 0 Å². The number of aldehydes is 1. The Labute approximate surface area is 86.3 Å². The van der Waals surface area contributed by atoms with Crippen LogP contribution in [0.2, 0.25) is 0 Å². The van der Waals surface area contributed by atoms with Gasteiger partial charge in [0.05, 0.1) is 0 Å². The van der Waals surface area contributed by atoms with Gasteiger partial charge in [0.25, 0.3) is 0 Å². The first kappa shape index (κ1) is 8.95. The quantitative estimate of drug-likeness (QED) is 0.688.